The van der Waals surface area contributed by atoms with E-state index in [4.69, 9.17) is 5.10 Å². The van der Waals surface area contributed by atoms with E-state index in [9.17, 15) is 0 Å². The predicted molar refractivity (Wildman–Crippen MR) is 91.9 cm³/mol. The van der Waals surface area contributed by atoms with Crippen LogP contribution < -0.4 is 4.90 Å². The van der Waals surface area contributed by atoms with Crippen molar-refractivity contribution >= 4 is 11.6 Å². The van der Waals surface area contributed by atoms with Gasteiger partial charge in [0.2, 0.25) is 0 Å². The summed E-state index contributed by atoms with van der Waals surface area (Å²) < 4.78 is 1.89. The summed E-state index contributed by atoms with van der Waals surface area (Å²) in [6.45, 7) is 13.4. The molecule has 3 heterocycles. The topological polar surface area (TPSA) is 52.8 Å². The van der Waals surface area contributed by atoms with Crippen LogP contribution in [0.15, 0.2) is 6.07 Å². The lowest BCUT2D eigenvalue weighted by Crippen LogP contribution is -2.44. The Bertz CT molecular complexity index is 654. The quantitative estimate of drug-likeness (QED) is 0.821. The molecule has 0 unspecified atom stereocenters. The summed E-state index contributed by atoms with van der Waals surface area (Å²) in [6.07, 6.45) is 0. The summed E-state index contributed by atoms with van der Waals surface area (Å²) >= 11 is 0. The normalized spacial score (nSPS) is 17.0. The maximum atomic E-state index is 4.73. The number of nitrogens with zero attached hydrogens (tertiary/aromatic N) is 7. The molecule has 1 aliphatic heterocycles. The van der Waals surface area contributed by atoms with E-state index in [-0.39, 0.29) is 0 Å². The summed E-state index contributed by atoms with van der Waals surface area (Å²) in [5, 5.41) is 4.73. The van der Waals surface area contributed by atoms with E-state index in [1.165, 1.54) is 0 Å². The van der Waals surface area contributed by atoms with E-state index >= 15 is 0 Å². The van der Waals surface area contributed by atoms with E-state index in [2.05, 4.69) is 51.6 Å². The maximum absolute atomic E-state index is 4.73. The van der Waals surface area contributed by atoms with Gasteiger partial charge in [-0.1, -0.05) is 0 Å². The zero-order valence-electron chi connectivity index (χ0n) is 14.7. The van der Waals surface area contributed by atoms with Gasteiger partial charge in [0.05, 0.1) is 6.54 Å². The maximum Gasteiger partial charge on any atom is 0.254 e. The summed E-state index contributed by atoms with van der Waals surface area (Å²) in [5.41, 5.74) is 0.984. The van der Waals surface area contributed by atoms with Crippen LogP contribution in [-0.2, 0) is 6.54 Å². The summed E-state index contributed by atoms with van der Waals surface area (Å²) in [4.78, 5) is 16.3. The van der Waals surface area contributed by atoms with Crippen LogP contribution in [0.25, 0.3) is 5.78 Å². The molecule has 23 heavy (non-hydrogen) atoms. The smallest absolute Gasteiger partial charge is 0.254 e. The van der Waals surface area contributed by atoms with Crippen LogP contribution in [0.1, 0.15) is 25.4 Å². The molecule has 0 N–H and O–H groups in total. The highest BCUT2D eigenvalue weighted by Crippen LogP contribution is 2.17. The molecule has 1 fully saturated rings. The average Bonchev–Trinajstić information content (AvgIpc) is 2.93. The van der Waals surface area contributed by atoms with Crippen molar-refractivity contribution in [2.45, 2.75) is 27.3 Å². The number of hydrogen-bond donors (Lipinski definition) is 0. The number of rotatable bonds is 5. The van der Waals surface area contributed by atoms with Gasteiger partial charge < -0.3 is 9.80 Å². The number of likely N-dealkylation sites (N-methyl/N-ethyl adjacent to an activating group) is 1. The molecule has 0 bridgehead atoms. The number of aromatic nitrogens is 4. The third-order valence-electron chi connectivity index (χ3n) is 4.51. The van der Waals surface area contributed by atoms with Crippen LogP contribution in [0, 0.1) is 6.92 Å². The standard InChI is InChI=1S/C16H27N7/c1-5-22(6-2)15-11-13(3)17-16-18-14(19-23(15)16)12-21-9-7-20(4)8-10-21/h11H,5-10,12H2,1-4H3. The summed E-state index contributed by atoms with van der Waals surface area (Å²) in [5.74, 6) is 2.65. The Hall–Kier alpha value is -1.73. The van der Waals surface area contributed by atoms with Gasteiger partial charge >= 0.3 is 0 Å². The van der Waals surface area contributed by atoms with Gasteiger partial charge in [0, 0.05) is 51.0 Å². The van der Waals surface area contributed by atoms with E-state index in [1.807, 2.05) is 11.4 Å². The number of piperazine rings is 1. The third kappa shape index (κ3) is 3.45. The highest BCUT2D eigenvalue weighted by molar-refractivity contribution is 5.47. The van der Waals surface area contributed by atoms with Gasteiger partial charge in [-0.05, 0) is 27.8 Å². The highest BCUT2D eigenvalue weighted by atomic mass is 15.4. The van der Waals surface area contributed by atoms with Crippen molar-refractivity contribution in [2.75, 3.05) is 51.2 Å². The van der Waals surface area contributed by atoms with Crippen LogP contribution in [0.2, 0.25) is 0 Å². The van der Waals surface area contributed by atoms with Crippen molar-refractivity contribution in [3.05, 3.63) is 17.6 Å². The molecule has 1 saturated heterocycles. The summed E-state index contributed by atoms with van der Waals surface area (Å²) in [7, 11) is 2.17. The first-order valence-corrected chi connectivity index (χ1v) is 8.49. The molecule has 0 aromatic carbocycles. The van der Waals surface area contributed by atoms with Crippen LogP contribution in [0.5, 0.6) is 0 Å². The van der Waals surface area contributed by atoms with E-state index in [1.54, 1.807) is 0 Å². The molecule has 0 radical (unpaired) electrons. The Labute approximate surface area is 137 Å². The van der Waals surface area contributed by atoms with Crippen LogP contribution in [0.3, 0.4) is 0 Å². The molecule has 0 saturated carbocycles. The number of fused-ring (bicyclic) bond motifs is 1. The minimum atomic E-state index is 0.705. The Morgan fingerprint density at radius 1 is 1.09 bits per heavy atom. The molecule has 7 heteroatoms. The molecule has 1 aliphatic rings. The monoisotopic (exact) mass is 317 g/mol. The van der Waals surface area contributed by atoms with Gasteiger partial charge in [0.1, 0.15) is 5.82 Å². The SMILES string of the molecule is CCN(CC)c1cc(C)nc2nc(CN3CCN(C)CC3)nn12. The van der Waals surface area contributed by atoms with Crippen LogP contribution in [0.4, 0.5) is 5.82 Å². The minimum Gasteiger partial charge on any atom is -0.357 e. The predicted octanol–water partition coefficient (Wildman–Crippen LogP) is 1.03. The number of anilines is 1. The van der Waals surface area contributed by atoms with Crippen molar-refractivity contribution < 1.29 is 0 Å². The Balaban J connectivity index is 1.87. The molecule has 126 valence electrons. The fourth-order valence-corrected chi connectivity index (χ4v) is 3.06. The van der Waals surface area contributed by atoms with Gasteiger partial charge in [-0.15, -0.1) is 5.10 Å². The highest BCUT2D eigenvalue weighted by Gasteiger charge is 2.18. The largest absolute Gasteiger partial charge is 0.357 e. The van der Waals surface area contributed by atoms with Crippen molar-refractivity contribution in [3.8, 4) is 0 Å². The second-order valence-electron chi connectivity index (χ2n) is 6.25. The van der Waals surface area contributed by atoms with E-state index < -0.39 is 0 Å². The third-order valence-corrected chi connectivity index (χ3v) is 4.51. The van der Waals surface area contributed by atoms with E-state index in [0.717, 1.165) is 63.1 Å². The van der Waals surface area contributed by atoms with E-state index in [0.29, 0.717) is 5.78 Å². The van der Waals surface area contributed by atoms with Gasteiger partial charge in [-0.3, -0.25) is 4.90 Å². The molecular weight excluding hydrogens is 290 g/mol. The lowest BCUT2D eigenvalue weighted by Gasteiger charge is -2.31. The molecule has 2 aromatic rings. The van der Waals surface area contributed by atoms with Gasteiger partial charge in [-0.2, -0.15) is 9.50 Å². The Kier molecular flexibility index (Phi) is 4.77. The van der Waals surface area contributed by atoms with Crippen molar-refractivity contribution in [1.82, 2.24) is 29.4 Å². The first kappa shape index (κ1) is 16.1. The molecule has 0 aliphatic carbocycles. The van der Waals surface area contributed by atoms with Crippen molar-refractivity contribution in [1.29, 1.82) is 0 Å². The van der Waals surface area contributed by atoms with Gasteiger partial charge in [0.15, 0.2) is 5.82 Å². The zero-order valence-corrected chi connectivity index (χ0v) is 14.7. The lowest BCUT2D eigenvalue weighted by atomic mass is 10.3. The van der Waals surface area contributed by atoms with Crippen LogP contribution >= 0.6 is 0 Å². The zero-order chi connectivity index (χ0) is 16.4. The number of aryl methyl sites for hydroxylation is 1. The van der Waals surface area contributed by atoms with Crippen LogP contribution in [-0.4, -0.2) is 75.7 Å². The molecule has 0 atom stereocenters. The minimum absolute atomic E-state index is 0.705. The Morgan fingerprint density at radius 2 is 1.78 bits per heavy atom. The molecule has 0 amide bonds. The van der Waals surface area contributed by atoms with Crippen molar-refractivity contribution in [3.63, 3.8) is 0 Å². The number of hydrogen-bond acceptors (Lipinski definition) is 6. The molecule has 0 spiro atoms. The fraction of sp³-hybridized carbons (Fsp3) is 0.688. The molecule has 7 nitrogen and oxygen atoms in total. The first-order valence-electron chi connectivity index (χ1n) is 8.49. The van der Waals surface area contributed by atoms with Gasteiger partial charge in [0.25, 0.3) is 5.78 Å². The first-order chi connectivity index (χ1) is 11.1. The summed E-state index contributed by atoms with van der Waals surface area (Å²) in [6, 6.07) is 2.09. The molecule has 2 aromatic heterocycles. The Morgan fingerprint density at radius 3 is 2.43 bits per heavy atom. The second-order valence-corrected chi connectivity index (χ2v) is 6.25. The van der Waals surface area contributed by atoms with Gasteiger partial charge in [-0.25, -0.2) is 4.98 Å². The fourth-order valence-electron chi connectivity index (χ4n) is 3.06. The lowest BCUT2D eigenvalue weighted by molar-refractivity contribution is 0.145. The molecule has 3 rings (SSSR count). The second kappa shape index (κ2) is 6.80. The van der Waals surface area contributed by atoms with Crippen molar-refractivity contribution in [2.24, 2.45) is 0 Å². The average molecular weight is 317 g/mol. The molecular formula is C16H27N7.